The minimum absolute atomic E-state index is 0.0623. The number of fused-ring (bicyclic) bond motifs is 5. The van der Waals surface area contributed by atoms with Crippen molar-refractivity contribution in [2.45, 2.75) is 96.6 Å². The van der Waals surface area contributed by atoms with Gasteiger partial charge in [-0.2, -0.15) is 0 Å². The maximum atomic E-state index is 12.2. The lowest BCUT2D eigenvalue weighted by Crippen LogP contribution is -2.71. The summed E-state index contributed by atoms with van der Waals surface area (Å²) in [6.45, 7) is 7.28. The van der Waals surface area contributed by atoms with Crippen molar-refractivity contribution in [2.75, 3.05) is 6.61 Å². The molecule has 1 heterocycles. The summed E-state index contributed by atoms with van der Waals surface area (Å²) in [4.78, 5) is 35.6. The van der Waals surface area contributed by atoms with Crippen LogP contribution < -0.4 is 0 Å². The molecular formula is C27H38O8. The molecule has 0 radical (unpaired) electrons. The number of cyclic esters (lactones) is 1. The number of hydrogen-bond donors (Lipinski definition) is 2. The van der Waals surface area contributed by atoms with E-state index in [-0.39, 0.29) is 41.5 Å². The van der Waals surface area contributed by atoms with E-state index in [0.717, 1.165) is 18.4 Å². The molecule has 1 aliphatic heterocycles. The van der Waals surface area contributed by atoms with E-state index in [9.17, 15) is 24.6 Å². The first kappa shape index (κ1) is 24.8. The monoisotopic (exact) mass is 490 g/mol. The molecule has 0 saturated heterocycles. The molecule has 0 aromatic rings. The van der Waals surface area contributed by atoms with Gasteiger partial charge in [0.1, 0.15) is 24.4 Å². The van der Waals surface area contributed by atoms with Gasteiger partial charge in [0, 0.05) is 31.8 Å². The summed E-state index contributed by atoms with van der Waals surface area (Å²) in [6.07, 6.45) is 4.07. The van der Waals surface area contributed by atoms with Crippen LogP contribution in [0.5, 0.6) is 0 Å². The van der Waals surface area contributed by atoms with E-state index in [4.69, 9.17) is 14.2 Å². The lowest BCUT2D eigenvalue weighted by atomic mass is 9.41. The predicted molar refractivity (Wildman–Crippen MR) is 124 cm³/mol. The number of rotatable bonds is 3. The minimum Gasteiger partial charge on any atom is -0.462 e. The second kappa shape index (κ2) is 8.30. The van der Waals surface area contributed by atoms with E-state index in [1.807, 2.05) is 6.92 Å². The van der Waals surface area contributed by atoms with Crippen molar-refractivity contribution in [2.24, 2.45) is 34.5 Å². The normalized spacial score (nSPS) is 48.7. The van der Waals surface area contributed by atoms with Crippen molar-refractivity contribution in [3.8, 4) is 0 Å². The van der Waals surface area contributed by atoms with Crippen LogP contribution in [0.25, 0.3) is 0 Å². The third kappa shape index (κ3) is 3.66. The number of aliphatic hydroxyl groups is 2. The number of aliphatic hydroxyl groups excluding tert-OH is 1. The van der Waals surface area contributed by atoms with E-state index < -0.39 is 41.3 Å². The first-order chi connectivity index (χ1) is 16.4. The SMILES string of the molecule is CC(=O)O[C@H]1CC[C@]2(C)[C@@H]3[C@@H](C[C@@H](OC(C)=O)[C@@]2(O)C1)[C@@H]1CC[C@H](C2=CC(=O)OC2)[C@@]1(C)C[C@H]3O. The summed E-state index contributed by atoms with van der Waals surface area (Å²) in [7, 11) is 0. The van der Waals surface area contributed by atoms with Crippen molar-refractivity contribution in [3.05, 3.63) is 11.6 Å². The highest BCUT2D eigenvalue weighted by atomic mass is 16.6. The van der Waals surface area contributed by atoms with Gasteiger partial charge in [-0.25, -0.2) is 4.79 Å². The fourth-order valence-corrected chi connectivity index (χ4v) is 9.22. The van der Waals surface area contributed by atoms with Gasteiger partial charge in [0.2, 0.25) is 0 Å². The van der Waals surface area contributed by atoms with E-state index in [2.05, 4.69) is 6.92 Å². The minimum atomic E-state index is -1.40. The Balaban J connectivity index is 1.51. The van der Waals surface area contributed by atoms with Crippen molar-refractivity contribution >= 4 is 17.9 Å². The smallest absolute Gasteiger partial charge is 0.331 e. The molecule has 0 aromatic carbocycles. The quantitative estimate of drug-likeness (QED) is 0.458. The van der Waals surface area contributed by atoms with Crippen molar-refractivity contribution < 1.29 is 38.8 Å². The van der Waals surface area contributed by atoms with E-state index in [1.165, 1.54) is 13.8 Å². The van der Waals surface area contributed by atoms with Crippen LogP contribution in [-0.2, 0) is 28.6 Å². The van der Waals surface area contributed by atoms with Gasteiger partial charge in [-0.1, -0.05) is 13.8 Å². The largest absolute Gasteiger partial charge is 0.462 e. The van der Waals surface area contributed by atoms with Gasteiger partial charge in [-0.15, -0.1) is 0 Å². The Hall–Kier alpha value is -1.93. The molecule has 0 unspecified atom stereocenters. The first-order valence-corrected chi connectivity index (χ1v) is 13.0. The summed E-state index contributed by atoms with van der Waals surface area (Å²) >= 11 is 0. The highest BCUT2D eigenvalue weighted by Gasteiger charge is 2.71. The molecule has 0 spiro atoms. The molecule has 5 rings (SSSR count). The molecule has 0 bridgehead atoms. The standard InChI is InChI=1S/C27H38O8/c1-14(28)34-17-7-8-26(4)24-18(10-22(35-15(2)29)27(26,32)11-17)20-6-5-19(16-9-23(31)33-13-16)25(20,3)12-21(24)30/h9,17-22,24,30,32H,5-8,10-13H2,1-4H3/t17-,18-,19+,20-,21+,22+,24+,25+,26+,27-/m0/s1. The van der Waals surface area contributed by atoms with Crippen LogP contribution in [0.15, 0.2) is 11.6 Å². The maximum Gasteiger partial charge on any atom is 0.331 e. The van der Waals surface area contributed by atoms with Gasteiger partial charge >= 0.3 is 17.9 Å². The molecule has 4 fully saturated rings. The zero-order valence-electron chi connectivity index (χ0n) is 21.1. The Morgan fingerprint density at radius 1 is 1.09 bits per heavy atom. The number of esters is 3. The van der Waals surface area contributed by atoms with Crippen LogP contribution in [-0.4, -0.2) is 58.6 Å². The molecule has 2 N–H and O–H groups in total. The average Bonchev–Trinajstić information content (AvgIpc) is 3.31. The Morgan fingerprint density at radius 2 is 1.80 bits per heavy atom. The topological polar surface area (TPSA) is 119 Å². The lowest BCUT2D eigenvalue weighted by molar-refractivity contribution is -0.286. The molecule has 5 aliphatic rings. The summed E-state index contributed by atoms with van der Waals surface area (Å²) in [6, 6.07) is 0. The molecule has 10 atom stereocenters. The molecule has 8 nitrogen and oxygen atoms in total. The molecule has 35 heavy (non-hydrogen) atoms. The van der Waals surface area contributed by atoms with Gasteiger partial charge in [-0.05, 0) is 73.2 Å². The summed E-state index contributed by atoms with van der Waals surface area (Å²) < 4.78 is 16.5. The van der Waals surface area contributed by atoms with E-state index in [1.54, 1.807) is 6.08 Å². The van der Waals surface area contributed by atoms with Gasteiger partial charge in [-0.3, -0.25) is 9.59 Å². The average molecular weight is 491 g/mol. The molecule has 0 amide bonds. The second-order valence-corrected chi connectivity index (χ2v) is 12.2. The van der Waals surface area contributed by atoms with Gasteiger partial charge < -0.3 is 24.4 Å². The van der Waals surface area contributed by atoms with Crippen LogP contribution in [0.2, 0.25) is 0 Å². The molecule has 194 valence electrons. The molecule has 4 saturated carbocycles. The van der Waals surface area contributed by atoms with E-state index >= 15 is 0 Å². The fraction of sp³-hybridized carbons (Fsp3) is 0.815. The van der Waals surface area contributed by atoms with Gasteiger partial charge in [0.05, 0.1) is 6.10 Å². The third-order valence-corrected chi connectivity index (χ3v) is 10.5. The number of ether oxygens (including phenoxy) is 3. The summed E-state index contributed by atoms with van der Waals surface area (Å²) in [5.41, 5.74) is -1.29. The van der Waals surface area contributed by atoms with E-state index in [0.29, 0.717) is 32.3 Å². The highest BCUT2D eigenvalue weighted by molar-refractivity contribution is 5.85. The van der Waals surface area contributed by atoms with Gasteiger partial charge in [0.15, 0.2) is 0 Å². The number of carbonyl (C=O) groups is 3. The van der Waals surface area contributed by atoms with Crippen molar-refractivity contribution in [3.63, 3.8) is 0 Å². The first-order valence-electron chi connectivity index (χ1n) is 13.0. The van der Waals surface area contributed by atoms with Crippen LogP contribution in [0.4, 0.5) is 0 Å². The zero-order chi connectivity index (χ0) is 25.3. The van der Waals surface area contributed by atoms with Gasteiger partial charge in [0.25, 0.3) is 0 Å². The molecule has 4 aliphatic carbocycles. The second-order valence-electron chi connectivity index (χ2n) is 12.2. The Bertz CT molecular complexity index is 959. The highest BCUT2D eigenvalue weighted by Crippen LogP contribution is 2.69. The fourth-order valence-electron chi connectivity index (χ4n) is 9.22. The Labute approximate surface area is 206 Å². The third-order valence-electron chi connectivity index (χ3n) is 10.5. The summed E-state index contributed by atoms with van der Waals surface area (Å²) in [5, 5.41) is 23.9. The lowest BCUT2D eigenvalue weighted by Gasteiger charge is -2.66. The molecule has 8 heteroatoms. The van der Waals surface area contributed by atoms with Crippen LogP contribution in [0.3, 0.4) is 0 Å². The van der Waals surface area contributed by atoms with Crippen molar-refractivity contribution in [1.82, 2.24) is 0 Å². The number of hydrogen-bond acceptors (Lipinski definition) is 8. The zero-order valence-corrected chi connectivity index (χ0v) is 21.1. The van der Waals surface area contributed by atoms with Crippen LogP contribution >= 0.6 is 0 Å². The Morgan fingerprint density at radius 3 is 2.43 bits per heavy atom. The molecular weight excluding hydrogens is 452 g/mol. The van der Waals surface area contributed by atoms with Crippen LogP contribution in [0, 0.1) is 34.5 Å². The van der Waals surface area contributed by atoms with Crippen molar-refractivity contribution in [1.29, 1.82) is 0 Å². The Kier molecular flexibility index (Phi) is 5.87. The molecule has 0 aromatic heterocycles. The number of carbonyl (C=O) groups excluding carboxylic acids is 3. The predicted octanol–water partition coefficient (Wildman–Crippen LogP) is 2.69. The summed E-state index contributed by atoms with van der Waals surface area (Å²) in [5.74, 6) is -0.811. The van der Waals surface area contributed by atoms with Crippen LogP contribution in [0.1, 0.15) is 72.6 Å². The maximum absolute atomic E-state index is 12.2.